The molecule has 1 aromatic rings. The van der Waals surface area contributed by atoms with Gasteiger partial charge in [0.15, 0.2) is 0 Å². The standard InChI is InChI=1S/C16H24N2O3/c1-2-15-12(7-9-21-15)11-18-16(19)8-10-20-14-5-3-13(17)4-6-14/h3-6,12,15H,2,7-11,17H2,1H3,(H,18,19). The average molecular weight is 292 g/mol. The Morgan fingerprint density at radius 2 is 2.19 bits per heavy atom. The van der Waals surface area contributed by atoms with Gasteiger partial charge in [0.25, 0.3) is 0 Å². The molecule has 1 fully saturated rings. The highest BCUT2D eigenvalue weighted by atomic mass is 16.5. The highest BCUT2D eigenvalue weighted by Crippen LogP contribution is 2.22. The Morgan fingerprint density at radius 1 is 1.43 bits per heavy atom. The number of carbonyl (C=O) groups is 1. The summed E-state index contributed by atoms with van der Waals surface area (Å²) >= 11 is 0. The predicted molar refractivity (Wildman–Crippen MR) is 82.1 cm³/mol. The fraction of sp³-hybridized carbons (Fsp3) is 0.562. The molecule has 21 heavy (non-hydrogen) atoms. The van der Waals surface area contributed by atoms with Crippen molar-refractivity contribution < 1.29 is 14.3 Å². The third-order valence-electron chi connectivity index (χ3n) is 3.79. The number of anilines is 1. The topological polar surface area (TPSA) is 73.6 Å². The number of nitrogens with two attached hydrogens (primary N) is 1. The van der Waals surface area contributed by atoms with Crippen LogP contribution in [0.2, 0.25) is 0 Å². The van der Waals surface area contributed by atoms with Crippen LogP contribution in [0, 0.1) is 5.92 Å². The average Bonchev–Trinajstić information content (AvgIpc) is 2.95. The van der Waals surface area contributed by atoms with Gasteiger partial charge in [0, 0.05) is 24.8 Å². The molecule has 5 heteroatoms. The van der Waals surface area contributed by atoms with Crippen LogP contribution in [0.25, 0.3) is 0 Å². The van der Waals surface area contributed by atoms with Crippen LogP contribution in [0.4, 0.5) is 5.69 Å². The fourth-order valence-corrected chi connectivity index (χ4v) is 2.54. The van der Waals surface area contributed by atoms with Gasteiger partial charge in [0.1, 0.15) is 5.75 Å². The van der Waals surface area contributed by atoms with E-state index in [1.165, 1.54) is 0 Å². The molecule has 2 rings (SSSR count). The van der Waals surface area contributed by atoms with Gasteiger partial charge in [-0.25, -0.2) is 0 Å². The van der Waals surface area contributed by atoms with E-state index in [9.17, 15) is 4.79 Å². The first-order valence-electron chi connectivity index (χ1n) is 7.55. The van der Waals surface area contributed by atoms with Crippen molar-refractivity contribution in [2.24, 2.45) is 5.92 Å². The maximum atomic E-state index is 11.8. The van der Waals surface area contributed by atoms with Crippen LogP contribution < -0.4 is 15.8 Å². The maximum absolute atomic E-state index is 11.8. The summed E-state index contributed by atoms with van der Waals surface area (Å²) in [6.07, 6.45) is 2.67. The van der Waals surface area contributed by atoms with Crippen molar-refractivity contribution in [3.63, 3.8) is 0 Å². The Morgan fingerprint density at radius 3 is 2.90 bits per heavy atom. The number of nitrogens with one attached hydrogen (secondary N) is 1. The van der Waals surface area contributed by atoms with Gasteiger partial charge in [-0.2, -0.15) is 0 Å². The minimum atomic E-state index is 0.0206. The lowest BCUT2D eigenvalue weighted by Crippen LogP contribution is -2.33. The number of hydrogen-bond donors (Lipinski definition) is 2. The summed E-state index contributed by atoms with van der Waals surface area (Å²) in [4.78, 5) is 11.8. The number of rotatable bonds is 7. The molecule has 1 amide bonds. The van der Waals surface area contributed by atoms with Gasteiger partial charge >= 0.3 is 0 Å². The zero-order valence-corrected chi connectivity index (χ0v) is 12.5. The van der Waals surface area contributed by atoms with Gasteiger partial charge in [0.05, 0.1) is 19.1 Å². The molecule has 0 saturated carbocycles. The molecular weight excluding hydrogens is 268 g/mol. The van der Waals surface area contributed by atoms with Gasteiger partial charge in [0.2, 0.25) is 5.91 Å². The number of benzene rings is 1. The number of hydrogen-bond acceptors (Lipinski definition) is 4. The van der Waals surface area contributed by atoms with Gasteiger partial charge < -0.3 is 20.5 Å². The molecule has 1 heterocycles. The van der Waals surface area contributed by atoms with E-state index in [4.69, 9.17) is 15.2 Å². The smallest absolute Gasteiger partial charge is 0.223 e. The SMILES string of the molecule is CCC1OCCC1CNC(=O)CCOc1ccc(N)cc1. The van der Waals surface area contributed by atoms with Crippen LogP contribution in [0.5, 0.6) is 5.75 Å². The van der Waals surface area contributed by atoms with E-state index in [-0.39, 0.29) is 12.0 Å². The van der Waals surface area contributed by atoms with E-state index in [0.29, 0.717) is 31.2 Å². The molecule has 2 atom stereocenters. The summed E-state index contributed by atoms with van der Waals surface area (Å²) in [6, 6.07) is 7.16. The first-order valence-corrected chi connectivity index (χ1v) is 7.55. The molecule has 1 aliphatic heterocycles. The van der Waals surface area contributed by atoms with E-state index in [0.717, 1.165) is 25.2 Å². The summed E-state index contributed by atoms with van der Waals surface area (Å²) < 4.78 is 11.1. The number of carbonyl (C=O) groups excluding carboxylic acids is 1. The highest BCUT2D eigenvalue weighted by molar-refractivity contribution is 5.76. The molecule has 2 unspecified atom stereocenters. The zero-order valence-electron chi connectivity index (χ0n) is 12.5. The number of ether oxygens (including phenoxy) is 2. The Bertz CT molecular complexity index is 447. The summed E-state index contributed by atoms with van der Waals surface area (Å²) in [7, 11) is 0. The molecule has 1 aromatic carbocycles. The second kappa shape index (κ2) is 7.88. The Kier molecular flexibility index (Phi) is 5.87. The molecule has 0 spiro atoms. The summed E-state index contributed by atoms with van der Waals surface area (Å²) in [6.45, 7) is 3.98. The van der Waals surface area contributed by atoms with Crippen LogP contribution in [-0.4, -0.2) is 31.8 Å². The van der Waals surface area contributed by atoms with E-state index in [2.05, 4.69) is 12.2 Å². The first kappa shape index (κ1) is 15.6. The van der Waals surface area contributed by atoms with Gasteiger partial charge in [-0.3, -0.25) is 4.79 Å². The maximum Gasteiger partial charge on any atom is 0.223 e. The van der Waals surface area contributed by atoms with E-state index in [1.807, 2.05) is 0 Å². The van der Waals surface area contributed by atoms with Crippen LogP contribution in [-0.2, 0) is 9.53 Å². The fourth-order valence-electron chi connectivity index (χ4n) is 2.54. The second-order valence-electron chi connectivity index (χ2n) is 5.34. The largest absolute Gasteiger partial charge is 0.493 e. The van der Waals surface area contributed by atoms with Gasteiger partial charge in [-0.1, -0.05) is 6.92 Å². The van der Waals surface area contributed by atoms with Crippen molar-refractivity contribution in [3.8, 4) is 5.75 Å². The molecule has 116 valence electrons. The zero-order chi connectivity index (χ0) is 15.1. The second-order valence-corrected chi connectivity index (χ2v) is 5.34. The van der Waals surface area contributed by atoms with Crippen molar-refractivity contribution in [3.05, 3.63) is 24.3 Å². The molecule has 0 aliphatic carbocycles. The van der Waals surface area contributed by atoms with Crippen molar-refractivity contribution >= 4 is 11.6 Å². The lowest BCUT2D eigenvalue weighted by atomic mass is 10.00. The molecular formula is C16H24N2O3. The van der Waals surface area contributed by atoms with E-state index in [1.54, 1.807) is 24.3 Å². The van der Waals surface area contributed by atoms with E-state index >= 15 is 0 Å². The number of amides is 1. The Hall–Kier alpha value is -1.75. The lowest BCUT2D eigenvalue weighted by molar-refractivity contribution is -0.121. The Balaban J connectivity index is 1.62. The Labute approximate surface area is 125 Å². The minimum Gasteiger partial charge on any atom is -0.493 e. The van der Waals surface area contributed by atoms with Crippen molar-refractivity contribution in [1.82, 2.24) is 5.32 Å². The van der Waals surface area contributed by atoms with Crippen molar-refractivity contribution in [2.45, 2.75) is 32.3 Å². The summed E-state index contributed by atoms with van der Waals surface area (Å²) in [5, 5.41) is 2.97. The van der Waals surface area contributed by atoms with Crippen LogP contribution in [0.3, 0.4) is 0 Å². The van der Waals surface area contributed by atoms with E-state index < -0.39 is 0 Å². The number of nitrogen functional groups attached to an aromatic ring is 1. The molecule has 0 bridgehead atoms. The summed E-state index contributed by atoms with van der Waals surface area (Å²) in [5.74, 6) is 1.19. The van der Waals surface area contributed by atoms with Gasteiger partial charge in [-0.15, -0.1) is 0 Å². The third-order valence-corrected chi connectivity index (χ3v) is 3.79. The molecule has 5 nitrogen and oxygen atoms in total. The monoisotopic (exact) mass is 292 g/mol. The minimum absolute atomic E-state index is 0.0206. The van der Waals surface area contributed by atoms with Crippen LogP contribution in [0.15, 0.2) is 24.3 Å². The van der Waals surface area contributed by atoms with Crippen LogP contribution >= 0.6 is 0 Å². The van der Waals surface area contributed by atoms with Gasteiger partial charge in [-0.05, 0) is 37.1 Å². The molecule has 3 N–H and O–H groups in total. The van der Waals surface area contributed by atoms with Crippen molar-refractivity contribution in [2.75, 3.05) is 25.5 Å². The quantitative estimate of drug-likeness (QED) is 0.754. The molecule has 0 aromatic heterocycles. The van der Waals surface area contributed by atoms with Crippen molar-refractivity contribution in [1.29, 1.82) is 0 Å². The highest BCUT2D eigenvalue weighted by Gasteiger charge is 2.26. The first-order chi connectivity index (χ1) is 10.2. The normalized spacial score (nSPS) is 21.2. The predicted octanol–water partition coefficient (Wildman–Crippen LogP) is 1.97. The molecule has 0 radical (unpaired) electrons. The lowest BCUT2D eigenvalue weighted by Gasteiger charge is -2.17. The van der Waals surface area contributed by atoms with Crippen LogP contribution in [0.1, 0.15) is 26.2 Å². The third kappa shape index (κ3) is 4.93. The molecule has 1 aliphatic rings. The summed E-state index contributed by atoms with van der Waals surface area (Å²) in [5.41, 5.74) is 6.29. The molecule has 1 saturated heterocycles.